The molecule has 1 N–H and O–H groups in total. The molecule has 7 heteroatoms. The van der Waals surface area contributed by atoms with Gasteiger partial charge in [-0.1, -0.05) is 48.5 Å². The molecule has 2 amide bonds. The number of carbonyl (C=O) groups is 3. The molecule has 1 atom stereocenters. The fourth-order valence-corrected chi connectivity index (χ4v) is 4.83. The van der Waals surface area contributed by atoms with Gasteiger partial charge in [0.05, 0.1) is 11.6 Å². The van der Waals surface area contributed by atoms with Gasteiger partial charge in [-0.15, -0.1) is 0 Å². The van der Waals surface area contributed by atoms with Crippen LogP contribution in [0.1, 0.15) is 28.8 Å². The number of piperidine rings is 1. The van der Waals surface area contributed by atoms with E-state index in [2.05, 4.69) is 17.1 Å². The third-order valence-corrected chi connectivity index (χ3v) is 6.49. The highest BCUT2D eigenvalue weighted by Crippen LogP contribution is 2.27. The Kier molecular flexibility index (Phi) is 5.39. The van der Waals surface area contributed by atoms with E-state index in [-0.39, 0.29) is 18.2 Å². The summed E-state index contributed by atoms with van der Waals surface area (Å²) in [6.45, 7) is 1.27. The van der Waals surface area contributed by atoms with Crippen molar-refractivity contribution in [3.63, 3.8) is 0 Å². The predicted molar refractivity (Wildman–Crippen MR) is 119 cm³/mol. The Morgan fingerprint density at radius 1 is 1.00 bits per heavy atom. The molecule has 3 heterocycles. The van der Waals surface area contributed by atoms with Crippen molar-refractivity contribution in [3.8, 4) is 0 Å². The minimum atomic E-state index is -0.497. The predicted octanol–water partition coefficient (Wildman–Crippen LogP) is 3.41. The zero-order valence-corrected chi connectivity index (χ0v) is 17.7. The van der Waals surface area contributed by atoms with Crippen LogP contribution in [0, 0.1) is 0 Å². The Morgan fingerprint density at radius 2 is 1.72 bits per heavy atom. The van der Waals surface area contributed by atoms with Gasteiger partial charge >= 0.3 is 6.09 Å². The van der Waals surface area contributed by atoms with Gasteiger partial charge in [-0.3, -0.25) is 14.5 Å². The highest BCUT2D eigenvalue weighted by atomic mass is 16.6. The molecule has 0 radical (unpaired) electrons. The SMILES string of the molecule is O=C(C(=O)N1CCC(N2C(=O)OCC2Cc2ccccc2)CC1)c1c[nH]c2ccccc12. The summed E-state index contributed by atoms with van der Waals surface area (Å²) < 4.78 is 5.35. The summed E-state index contributed by atoms with van der Waals surface area (Å²) in [6, 6.07) is 17.5. The van der Waals surface area contributed by atoms with Crippen LogP contribution in [0.2, 0.25) is 0 Å². The summed E-state index contributed by atoms with van der Waals surface area (Å²) in [6.07, 6.45) is 3.32. The number of nitrogens with zero attached hydrogens (tertiary/aromatic N) is 2. The van der Waals surface area contributed by atoms with E-state index in [9.17, 15) is 14.4 Å². The van der Waals surface area contributed by atoms with Gasteiger partial charge in [-0.05, 0) is 30.9 Å². The standard InChI is InChI=1S/C25H25N3O4/c29-23(21-15-26-22-9-5-4-8-20(21)22)24(30)27-12-10-18(11-13-27)28-19(16-32-25(28)31)14-17-6-2-1-3-7-17/h1-9,15,18-19,26H,10-14,16H2. The van der Waals surface area contributed by atoms with Crippen LogP contribution in [0.15, 0.2) is 60.8 Å². The van der Waals surface area contributed by atoms with Crippen LogP contribution in [0.4, 0.5) is 4.79 Å². The molecule has 2 saturated heterocycles. The van der Waals surface area contributed by atoms with Gasteiger partial charge in [-0.25, -0.2) is 4.79 Å². The minimum Gasteiger partial charge on any atom is -0.447 e. The minimum absolute atomic E-state index is 0.00551. The molecule has 1 aromatic heterocycles. The maximum absolute atomic E-state index is 12.9. The molecule has 0 aliphatic carbocycles. The van der Waals surface area contributed by atoms with Crippen LogP contribution in [-0.4, -0.2) is 64.3 Å². The number of likely N-dealkylation sites (tertiary alicyclic amines) is 1. The summed E-state index contributed by atoms with van der Waals surface area (Å²) >= 11 is 0. The Bertz CT molecular complexity index is 1150. The van der Waals surface area contributed by atoms with Crippen molar-refractivity contribution in [2.75, 3.05) is 19.7 Å². The molecule has 2 aliphatic rings. The second-order valence-electron chi connectivity index (χ2n) is 8.43. The van der Waals surface area contributed by atoms with Gasteiger partial charge in [0.15, 0.2) is 0 Å². The van der Waals surface area contributed by atoms with Crippen LogP contribution in [0.5, 0.6) is 0 Å². The molecule has 0 spiro atoms. The van der Waals surface area contributed by atoms with Crippen LogP contribution < -0.4 is 0 Å². The molecular weight excluding hydrogens is 406 g/mol. The molecule has 5 rings (SSSR count). The average molecular weight is 431 g/mol. The first-order chi connectivity index (χ1) is 15.6. The Balaban J connectivity index is 1.23. The lowest BCUT2D eigenvalue weighted by atomic mass is 9.98. The number of ketones is 1. The van der Waals surface area contributed by atoms with Crippen molar-refractivity contribution in [2.45, 2.75) is 31.3 Å². The third-order valence-electron chi connectivity index (χ3n) is 6.49. The zero-order valence-electron chi connectivity index (χ0n) is 17.7. The molecule has 2 fully saturated rings. The number of hydrogen-bond donors (Lipinski definition) is 1. The number of ether oxygens (including phenoxy) is 1. The number of Topliss-reactive ketones (excluding diaryl/α,β-unsaturated/α-hetero) is 1. The normalized spacial score (nSPS) is 19.4. The molecule has 3 aromatic rings. The fourth-order valence-electron chi connectivity index (χ4n) is 4.83. The topological polar surface area (TPSA) is 82.7 Å². The lowest BCUT2D eigenvalue weighted by Gasteiger charge is -2.37. The third kappa shape index (κ3) is 3.75. The number of fused-ring (bicyclic) bond motifs is 1. The number of amides is 2. The molecule has 164 valence electrons. The maximum Gasteiger partial charge on any atom is 0.410 e. The van der Waals surface area contributed by atoms with Crippen LogP contribution in [-0.2, 0) is 16.0 Å². The van der Waals surface area contributed by atoms with Gasteiger partial charge in [0.1, 0.15) is 6.61 Å². The van der Waals surface area contributed by atoms with Crippen molar-refractivity contribution in [1.29, 1.82) is 0 Å². The average Bonchev–Trinajstić information content (AvgIpc) is 3.42. The number of nitrogens with one attached hydrogen (secondary N) is 1. The van der Waals surface area contributed by atoms with Crippen molar-refractivity contribution in [1.82, 2.24) is 14.8 Å². The first-order valence-corrected chi connectivity index (χ1v) is 11.0. The quantitative estimate of drug-likeness (QED) is 0.496. The Labute approximate surface area is 185 Å². The van der Waals surface area contributed by atoms with Crippen molar-refractivity contribution in [3.05, 3.63) is 71.9 Å². The molecule has 0 saturated carbocycles. The summed E-state index contributed by atoms with van der Waals surface area (Å²) in [4.78, 5) is 44.7. The molecule has 32 heavy (non-hydrogen) atoms. The highest BCUT2D eigenvalue weighted by molar-refractivity contribution is 6.44. The largest absolute Gasteiger partial charge is 0.447 e. The monoisotopic (exact) mass is 431 g/mol. The van der Waals surface area contributed by atoms with Crippen LogP contribution in [0.3, 0.4) is 0 Å². The van der Waals surface area contributed by atoms with Gasteiger partial charge in [0, 0.05) is 36.2 Å². The molecule has 0 bridgehead atoms. The van der Waals surface area contributed by atoms with E-state index in [0.717, 1.165) is 22.9 Å². The highest BCUT2D eigenvalue weighted by Gasteiger charge is 2.40. The van der Waals surface area contributed by atoms with E-state index >= 15 is 0 Å². The number of aromatic nitrogens is 1. The number of H-pyrrole nitrogens is 1. The summed E-state index contributed by atoms with van der Waals surface area (Å²) in [5.74, 6) is -0.985. The fraction of sp³-hybridized carbons (Fsp3) is 0.320. The maximum atomic E-state index is 12.9. The van der Waals surface area contributed by atoms with Crippen LogP contribution in [0.25, 0.3) is 10.9 Å². The van der Waals surface area contributed by atoms with Crippen molar-refractivity contribution < 1.29 is 19.1 Å². The number of hydrogen-bond acceptors (Lipinski definition) is 4. The van der Waals surface area contributed by atoms with Gasteiger partial charge < -0.3 is 14.6 Å². The van der Waals surface area contributed by atoms with Crippen molar-refractivity contribution in [2.24, 2.45) is 0 Å². The van der Waals surface area contributed by atoms with Gasteiger partial charge in [0.2, 0.25) is 0 Å². The molecule has 7 nitrogen and oxygen atoms in total. The van der Waals surface area contributed by atoms with Crippen molar-refractivity contribution >= 4 is 28.7 Å². The van der Waals surface area contributed by atoms with E-state index in [1.165, 1.54) is 0 Å². The van der Waals surface area contributed by atoms with E-state index in [0.29, 0.717) is 38.1 Å². The summed E-state index contributed by atoms with van der Waals surface area (Å²) in [5, 5.41) is 0.754. The van der Waals surface area contributed by atoms with Gasteiger partial charge in [0.25, 0.3) is 11.7 Å². The number of benzene rings is 2. The number of rotatable bonds is 5. The van der Waals surface area contributed by atoms with E-state index in [1.54, 1.807) is 11.1 Å². The first kappa shape index (κ1) is 20.3. The van der Waals surface area contributed by atoms with Gasteiger partial charge in [-0.2, -0.15) is 0 Å². The number of aromatic amines is 1. The second kappa shape index (κ2) is 8.49. The number of para-hydroxylation sites is 1. The van der Waals surface area contributed by atoms with E-state index in [4.69, 9.17) is 4.74 Å². The lowest BCUT2D eigenvalue weighted by Crippen LogP contribution is -2.51. The lowest BCUT2D eigenvalue weighted by molar-refractivity contribution is -0.127. The molecule has 1 unspecified atom stereocenters. The summed E-state index contributed by atoms with van der Waals surface area (Å²) in [7, 11) is 0. The number of carbonyl (C=O) groups excluding carboxylic acids is 3. The molecule has 2 aromatic carbocycles. The van der Waals surface area contributed by atoms with Crippen LogP contribution >= 0.6 is 0 Å². The zero-order chi connectivity index (χ0) is 22.1. The van der Waals surface area contributed by atoms with E-state index < -0.39 is 11.7 Å². The molecular formula is C25H25N3O4. The van der Waals surface area contributed by atoms with E-state index in [1.807, 2.05) is 47.4 Å². The summed E-state index contributed by atoms with van der Waals surface area (Å²) in [5.41, 5.74) is 2.40. The smallest absolute Gasteiger partial charge is 0.410 e. The first-order valence-electron chi connectivity index (χ1n) is 11.0. The Morgan fingerprint density at radius 3 is 2.50 bits per heavy atom. The Hall–Kier alpha value is -3.61. The number of cyclic esters (lactones) is 1. The second-order valence-corrected chi connectivity index (χ2v) is 8.43. The molecule has 2 aliphatic heterocycles.